The van der Waals surface area contributed by atoms with Crippen LogP contribution >= 0.6 is 11.8 Å². The Morgan fingerprint density at radius 2 is 1.42 bits per heavy atom. The topological polar surface area (TPSA) is 0 Å². The van der Waals surface area contributed by atoms with Crippen molar-refractivity contribution in [3.05, 3.63) is 81.3 Å². The van der Waals surface area contributed by atoms with Gasteiger partial charge in [-0.25, -0.2) is 0 Å². The molecular weight excluding hydrogens is 248 g/mol. The Kier molecular flexibility index (Phi) is 1.82. The number of rotatable bonds is 0. The molecule has 2 aromatic carbocycles. The molecule has 0 N–H and O–H groups in total. The van der Waals surface area contributed by atoms with E-state index in [2.05, 4.69) is 60.7 Å². The highest BCUT2D eigenvalue weighted by Crippen LogP contribution is 2.65. The normalized spacial score (nSPS) is 25.3. The predicted octanol–water partition coefficient (Wildman–Crippen LogP) is 5.01. The lowest BCUT2D eigenvalue weighted by Crippen LogP contribution is -1.96. The van der Waals surface area contributed by atoms with Gasteiger partial charge in [-0.05, 0) is 38.8 Å². The van der Waals surface area contributed by atoms with Crippen LogP contribution in [-0.2, 0) is 0 Å². The maximum absolute atomic E-state index is 2.42. The van der Waals surface area contributed by atoms with E-state index in [4.69, 9.17) is 0 Å². The molecule has 1 saturated heterocycles. The first-order valence-electron chi connectivity index (χ1n) is 6.69. The van der Waals surface area contributed by atoms with Gasteiger partial charge in [0.15, 0.2) is 0 Å². The van der Waals surface area contributed by atoms with Crippen molar-refractivity contribution < 1.29 is 0 Å². The van der Waals surface area contributed by atoms with Gasteiger partial charge in [0.2, 0.25) is 0 Å². The molecule has 1 fully saturated rings. The molecule has 0 saturated carbocycles. The van der Waals surface area contributed by atoms with E-state index in [0.717, 1.165) is 0 Å². The fourth-order valence-electron chi connectivity index (χ4n) is 3.56. The minimum atomic E-state index is 0.526. The minimum absolute atomic E-state index is 0.526. The van der Waals surface area contributed by atoms with Crippen LogP contribution in [0, 0.1) is 0 Å². The molecule has 0 nitrogen and oxygen atoms in total. The van der Waals surface area contributed by atoms with E-state index in [1.54, 1.807) is 5.57 Å². The van der Waals surface area contributed by atoms with E-state index in [1.807, 2.05) is 11.8 Å². The number of thioether (sulfide) groups is 1. The number of hydrogen-bond donors (Lipinski definition) is 0. The lowest BCUT2D eigenvalue weighted by molar-refractivity contribution is 0.982. The average molecular weight is 260 g/mol. The summed E-state index contributed by atoms with van der Waals surface area (Å²) < 4.78 is 0. The highest BCUT2D eigenvalue weighted by Gasteiger charge is 2.43. The maximum Gasteiger partial charge on any atom is 0.0569 e. The van der Waals surface area contributed by atoms with Gasteiger partial charge < -0.3 is 0 Å². The number of fused-ring (bicyclic) bond motifs is 7. The number of hydrogen-bond acceptors (Lipinski definition) is 1. The van der Waals surface area contributed by atoms with Crippen LogP contribution in [0.3, 0.4) is 0 Å². The molecule has 0 radical (unpaired) electrons. The molecule has 0 aromatic heterocycles. The summed E-state index contributed by atoms with van der Waals surface area (Å²) in [6.45, 7) is 0. The second kappa shape index (κ2) is 3.43. The lowest BCUT2D eigenvalue weighted by Gasteiger charge is -2.11. The molecule has 2 aromatic rings. The summed E-state index contributed by atoms with van der Waals surface area (Å²) in [7, 11) is 0. The second-order valence-corrected chi connectivity index (χ2v) is 6.56. The molecule has 2 unspecified atom stereocenters. The number of benzene rings is 2. The molecule has 5 rings (SSSR count). The second-order valence-electron chi connectivity index (χ2n) is 5.38. The molecular formula is C18H12S. The van der Waals surface area contributed by atoms with Gasteiger partial charge >= 0.3 is 0 Å². The van der Waals surface area contributed by atoms with Gasteiger partial charge in [-0.2, -0.15) is 0 Å². The molecule has 0 spiro atoms. The van der Waals surface area contributed by atoms with Crippen LogP contribution in [0.15, 0.2) is 59.0 Å². The highest BCUT2D eigenvalue weighted by molar-refractivity contribution is 8.04. The van der Waals surface area contributed by atoms with Gasteiger partial charge in [-0.15, -0.1) is 11.8 Å². The van der Waals surface area contributed by atoms with Gasteiger partial charge in [0.25, 0.3) is 0 Å². The molecule has 1 heterocycles. The molecule has 3 aliphatic rings. The van der Waals surface area contributed by atoms with Gasteiger partial charge in [0.1, 0.15) is 0 Å². The summed E-state index contributed by atoms with van der Waals surface area (Å²) in [5, 5.41) is 0.556. The molecule has 2 atom stereocenters. The summed E-state index contributed by atoms with van der Waals surface area (Å²) in [6, 6.07) is 17.6. The zero-order valence-electron chi connectivity index (χ0n) is 10.3. The van der Waals surface area contributed by atoms with Crippen LogP contribution in [0.25, 0.3) is 12.2 Å². The lowest BCUT2D eigenvalue weighted by atomic mass is 9.92. The van der Waals surface area contributed by atoms with E-state index < -0.39 is 0 Å². The standard InChI is InChI=1S/C18H12S/c1-3-7-13-12(6-1)10-16-17(13)15-9-11-5-2-4-8-14(11)18(15)19-16/h1-10,17-18H. The van der Waals surface area contributed by atoms with Crippen molar-refractivity contribution in [3.63, 3.8) is 0 Å². The van der Waals surface area contributed by atoms with Crippen molar-refractivity contribution in [2.75, 3.05) is 0 Å². The summed E-state index contributed by atoms with van der Waals surface area (Å²) >= 11 is 2.04. The molecule has 2 aliphatic carbocycles. The van der Waals surface area contributed by atoms with Crippen molar-refractivity contribution in [1.29, 1.82) is 0 Å². The van der Waals surface area contributed by atoms with Crippen molar-refractivity contribution in [1.82, 2.24) is 0 Å². The maximum atomic E-state index is 2.42. The third-order valence-corrected chi connectivity index (χ3v) is 5.77. The Balaban J connectivity index is 1.71. The van der Waals surface area contributed by atoms with Crippen LogP contribution in [0.4, 0.5) is 0 Å². The third kappa shape index (κ3) is 1.21. The molecule has 0 bridgehead atoms. The largest absolute Gasteiger partial charge is 0.117 e. The van der Waals surface area contributed by atoms with Crippen molar-refractivity contribution in [3.8, 4) is 0 Å². The van der Waals surface area contributed by atoms with Gasteiger partial charge in [0, 0.05) is 5.92 Å². The first kappa shape index (κ1) is 10.1. The van der Waals surface area contributed by atoms with E-state index in [-0.39, 0.29) is 0 Å². The van der Waals surface area contributed by atoms with Crippen LogP contribution in [0.2, 0.25) is 0 Å². The average Bonchev–Trinajstić information content (AvgIpc) is 3.05. The van der Waals surface area contributed by atoms with E-state index >= 15 is 0 Å². The highest BCUT2D eigenvalue weighted by atomic mass is 32.2. The Labute approximate surface area is 116 Å². The van der Waals surface area contributed by atoms with Crippen LogP contribution in [-0.4, -0.2) is 0 Å². The molecule has 1 heteroatoms. The van der Waals surface area contributed by atoms with Crippen LogP contribution < -0.4 is 0 Å². The summed E-state index contributed by atoms with van der Waals surface area (Å²) in [6.07, 6.45) is 4.80. The van der Waals surface area contributed by atoms with Crippen molar-refractivity contribution in [2.45, 2.75) is 11.2 Å². The molecule has 0 amide bonds. The first-order valence-corrected chi connectivity index (χ1v) is 7.57. The molecule has 19 heavy (non-hydrogen) atoms. The zero-order valence-corrected chi connectivity index (χ0v) is 11.2. The van der Waals surface area contributed by atoms with Gasteiger partial charge in [0.05, 0.1) is 5.25 Å². The van der Waals surface area contributed by atoms with E-state index in [1.165, 1.54) is 27.2 Å². The summed E-state index contributed by atoms with van der Waals surface area (Å²) in [5.41, 5.74) is 7.40. The zero-order chi connectivity index (χ0) is 12.4. The first-order chi connectivity index (χ1) is 9.42. The SMILES string of the molecule is C1=C2SC3C(=Cc4ccccc43)C2c2ccccc21. The molecule has 90 valence electrons. The molecule has 1 aliphatic heterocycles. The Bertz CT molecular complexity index is 767. The van der Waals surface area contributed by atoms with E-state index in [9.17, 15) is 0 Å². The predicted molar refractivity (Wildman–Crippen MR) is 81.9 cm³/mol. The van der Waals surface area contributed by atoms with E-state index in [0.29, 0.717) is 11.2 Å². The third-order valence-electron chi connectivity index (χ3n) is 4.38. The van der Waals surface area contributed by atoms with Crippen LogP contribution in [0.5, 0.6) is 0 Å². The Morgan fingerprint density at radius 3 is 2.26 bits per heavy atom. The van der Waals surface area contributed by atoms with Crippen molar-refractivity contribution >= 4 is 23.9 Å². The van der Waals surface area contributed by atoms with Crippen molar-refractivity contribution in [2.24, 2.45) is 0 Å². The van der Waals surface area contributed by atoms with Crippen LogP contribution in [0.1, 0.15) is 33.4 Å². The monoisotopic (exact) mass is 260 g/mol. The Morgan fingerprint density at radius 1 is 0.737 bits per heavy atom. The Hall–Kier alpha value is -1.73. The van der Waals surface area contributed by atoms with Gasteiger partial charge in [-0.1, -0.05) is 54.6 Å². The van der Waals surface area contributed by atoms with Gasteiger partial charge in [-0.3, -0.25) is 0 Å². The quantitative estimate of drug-likeness (QED) is 0.641. The fourth-order valence-corrected chi connectivity index (χ4v) is 5.11. The summed E-state index contributed by atoms with van der Waals surface area (Å²) in [4.78, 5) is 1.53. The minimum Gasteiger partial charge on any atom is -0.117 e. The number of allylic oxidation sites excluding steroid dienone is 1. The summed E-state index contributed by atoms with van der Waals surface area (Å²) in [5.74, 6) is 0.526. The fraction of sp³-hybridized carbons (Fsp3) is 0.111. The smallest absolute Gasteiger partial charge is 0.0569 e.